The van der Waals surface area contributed by atoms with Crippen LogP contribution in [-0.4, -0.2) is 111 Å². The van der Waals surface area contributed by atoms with Gasteiger partial charge in [0.15, 0.2) is 0 Å². The fourth-order valence-corrected chi connectivity index (χ4v) is 8.33. The maximum atomic E-state index is 14.4. The minimum Gasteiger partial charge on any atom is -0.457 e. The summed E-state index contributed by atoms with van der Waals surface area (Å²) in [5, 5.41) is 16.6. The summed E-state index contributed by atoms with van der Waals surface area (Å²) in [7, 11) is 5.84. The molecule has 2 bridgehead atoms. The number of alkyl halides is 3. The molecular weight excluding hydrogens is 850 g/mol. The van der Waals surface area contributed by atoms with E-state index in [-0.39, 0.29) is 36.8 Å². The highest BCUT2D eigenvalue weighted by Gasteiger charge is 2.45. The van der Waals surface area contributed by atoms with E-state index in [4.69, 9.17) is 27.9 Å². The summed E-state index contributed by atoms with van der Waals surface area (Å²) in [6.07, 6.45) is -4.69. The SMILES string of the molecule is C[C@H]1C(=O)N[C@@H](CO)C(=O)N[C@@]2(Cc3ccc(Cl)cc3)CCCN(C2)C(=O)[C@H](CC(F)(F)F)CC(=O)N1Cc1ccc(Cl)cc1Oc1ccc(-c2cnc(CN(C)C)n2C)cc1. The second-order valence-electron chi connectivity index (χ2n) is 16.3. The molecule has 1 aromatic heterocycles. The van der Waals surface area contributed by atoms with Crippen LogP contribution in [0.5, 0.6) is 11.5 Å². The monoisotopic (exact) mass is 899 g/mol. The van der Waals surface area contributed by atoms with Crippen LogP contribution in [-0.2, 0) is 45.7 Å². The fraction of sp³-hybridized carbons (Fsp3) is 0.432. The van der Waals surface area contributed by atoms with Gasteiger partial charge >= 0.3 is 6.18 Å². The van der Waals surface area contributed by atoms with Gasteiger partial charge in [0.05, 0.1) is 49.5 Å². The number of aromatic nitrogens is 2. The second kappa shape index (κ2) is 19.5. The van der Waals surface area contributed by atoms with Crippen LogP contribution in [0.2, 0.25) is 10.0 Å². The van der Waals surface area contributed by atoms with Crippen molar-refractivity contribution in [2.45, 2.75) is 75.9 Å². The van der Waals surface area contributed by atoms with Crippen molar-refractivity contribution in [2.24, 2.45) is 13.0 Å². The molecule has 0 spiro atoms. The molecule has 0 unspecified atom stereocenters. The van der Waals surface area contributed by atoms with Gasteiger partial charge in [-0.3, -0.25) is 19.2 Å². The molecule has 6 rings (SSSR count). The minimum atomic E-state index is -4.82. The fourth-order valence-electron chi connectivity index (χ4n) is 8.04. The number of fused-ring (bicyclic) bond motifs is 2. The van der Waals surface area contributed by atoms with E-state index in [1.807, 2.05) is 42.7 Å². The highest BCUT2D eigenvalue weighted by Crippen LogP contribution is 2.35. The summed E-state index contributed by atoms with van der Waals surface area (Å²) in [5.41, 5.74) is 1.62. The first-order chi connectivity index (χ1) is 29.3. The number of piperidine rings is 1. The summed E-state index contributed by atoms with van der Waals surface area (Å²) in [6, 6.07) is 15.7. The smallest absolute Gasteiger partial charge is 0.389 e. The number of nitrogens with zero attached hydrogens (tertiary/aromatic N) is 5. The van der Waals surface area contributed by atoms with Gasteiger partial charge in [-0.1, -0.05) is 41.4 Å². The van der Waals surface area contributed by atoms with Crippen molar-refractivity contribution in [2.75, 3.05) is 33.8 Å². The molecule has 4 atom stereocenters. The Morgan fingerprint density at radius 1 is 0.984 bits per heavy atom. The quantitative estimate of drug-likeness (QED) is 0.163. The van der Waals surface area contributed by atoms with Crippen molar-refractivity contribution in [1.82, 2.24) is 34.9 Å². The van der Waals surface area contributed by atoms with Crippen LogP contribution in [0.15, 0.2) is 72.9 Å². The molecule has 0 radical (unpaired) electrons. The van der Waals surface area contributed by atoms with Crippen LogP contribution < -0.4 is 15.4 Å². The van der Waals surface area contributed by atoms with Gasteiger partial charge in [0, 0.05) is 47.7 Å². The Balaban J connectivity index is 1.32. The van der Waals surface area contributed by atoms with Crippen molar-refractivity contribution in [3.05, 3.63) is 99.9 Å². The molecule has 2 aliphatic rings. The molecule has 4 aromatic rings. The van der Waals surface area contributed by atoms with E-state index in [1.165, 1.54) is 24.0 Å². The Labute approximate surface area is 368 Å². The Bertz CT molecular complexity index is 2260. The molecule has 3 heterocycles. The zero-order chi connectivity index (χ0) is 44.9. The number of carbonyl (C=O) groups excluding carboxylic acids is 4. The zero-order valence-corrected chi connectivity index (χ0v) is 36.4. The van der Waals surface area contributed by atoms with Gasteiger partial charge in [0.1, 0.15) is 29.4 Å². The van der Waals surface area contributed by atoms with Crippen molar-refractivity contribution in [3.8, 4) is 22.8 Å². The average Bonchev–Trinajstić information content (AvgIpc) is 3.57. The van der Waals surface area contributed by atoms with Crippen molar-refractivity contribution >= 4 is 46.8 Å². The van der Waals surface area contributed by atoms with Crippen LogP contribution in [0, 0.1) is 5.92 Å². The number of benzene rings is 3. The Hall–Kier alpha value is -5.16. The van der Waals surface area contributed by atoms with Crippen LogP contribution in [0.4, 0.5) is 13.2 Å². The van der Waals surface area contributed by atoms with Crippen molar-refractivity contribution in [3.63, 3.8) is 0 Å². The summed E-state index contributed by atoms with van der Waals surface area (Å²) >= 11 is 12.5. The molecule has 2 fully saturated rings. The van der Waals surface area contributed by atoms with E-state index < -0.39 is 72.8 Å². The third kappa shape index (κ3) is 11.4. The average molecular weight is 901 g/mol. The molecular formula is C44H50Cl2F3N7O6. The van der Waals surface area contributed by atoms with Crippen LogP contribution in [0.3, 0.4) is 0 Å². The van der Waals surface area contributed by atoms with Gasteiger partial charge < -0.3 is 39.7 Å². The molecule has 332 valence electrons. The van der Waals surface area contributed by atoms with E-state index in [0.717, 1.165) is 27.5 Å². The molecule has 3 aromatic carbocycles. The molecule has 2 aliphatic heterocycles. The van der Waals surface area contributed by atoms with Crippen LogP contribution in [0.25, 0.3) is 11.3 Å². The minimum absolute atomic E-state index is 0.0892. The summed E-state index contributed by atoms with van der Waals surface area (Å²) in [5.74, 6) is -3.83. The molecule has 18 heteroatoms. The lowest BCUT2D eigenvalue weighted by atomic mass is 9.82. The maximum absolute atomic E-state index is 14.4. The topological polar surface area (TPSA) is 149 Å². The third-order valence-corrected chi connectivity index (χ3v) is 11.7. The number of rotatable bonds is 11. The number of amides is 4. The Kier molecular flexibility index (Phi) is 14.6. The number of carbonyl (C=O) groups is 4. The van der Waals surface area contributed by atoms with Gasteiger partial charge in [-0.05, 0) is 94.4 Å². The largest absolute Gasteiger partial charge is 0.457 e. The first-order valence-electron chi connectivity index (χ1n) is 20.2. The molecule has 13 nitrogen and oxygen atoms in total. The number of ether oxygens (including phenoxy) is 1. The number of aliphatic hydroxyl groups is 1. The van der Waals surface area contributed by atoms with Crippen molar-refractivity contribution in [1.29, 1.82) is 0 Å². The molecule has 2 saturated heterocycles. The lowest BCUT2D eigenvalue weighted by Crippen LogP contribution is -2.65. The predicted molar refractivity (Wildman–Crippen MR) is 227 cm³/mol. The van der Waals surface area contributed by atoms with E-state index in [2.05, 4.69) is 15.6 Å². The number of halogens is 5. The van der Waals surface area contributed by atoms with Gasteiger partial charge in [0.25, 0.3) is 0 Å². The predicted octanol–water partition coefficient (Wildman–Crippen LogP) is 6.13. The Morgan fingerprint density at radius 2 is 1.68 bits per heavy atom. The molecule has 4 amide bonds. The first kappa shape index (κ1) is 46.3. The summed E-state index contributed by atoms with van der Waals surface area (Å²) in [6.45, 7) is 0.739. The lowest BCUT2D eigenvalue weighted by Gasteiger charge is -2.45. The number of hydrogen-bond acceptors (Lipinski definition) is 8. The number of hydrogen-bond donors (Lipinski definition) is 3. The normalized spacial score (nSPS) is 21.8. The summed E-state index contributed by atoms with van der Waals surface area (Å²) in [4.78, 5) is 65.4. The molecule has 0 saturated carbocycles. The molecule has 62 heavy (non-hydrogen) atoms. The van der Waals surface area contributed by atoms with E-state index in [1.54, 1.807) is 48.7 Å². The van der Waals surface area contributed by atoms with E-state index in [0.29, 0.717) is 35.7 Å². The van der Waals surface area contributed by atoms with Crippen LogP contribution >= 0.6 is 23.2 Å². The number of nitrogens with one attached hydrogen (secondary N) is 2. The van der Waals surface area contributed by atoms with E-state index in [9.17, 15) is 37.5 Å². The highest BCUT2D eigenvalue weighted by atomic mass is 35.5. The van der Waals surface area contributed by atoms with Crippen molar-refractivity contribution < 1.29 is 42.2 Å². The van der Waals surface area contributed by atoms with Gasteiger partial charge in [0.2, 0.25) is 23.6 Å². The third-order valence-electron chi connectivity index (χ3n) is 11.3. The zero-order valence-electron chi connectivity index (χ0n) is 34.8. The standard InChI is InChI=1S/C44H50Cl2F3N7O6/c1-27-40(59)51-35(25-57)41(60)52-43(20-28-6-11-32(45)12-7-28)16-5-17-55(26-43)42(61)31(21-44(47,48)49)18-39(58)56(27)23-30-8-13-33(46)19-37(30)62-34-14-9-29(10-15-34)36-22-50-38(54(36)4)24-53(2)3/h6-15,19,22,27,31,35,57H,5,16-18,20-21,23-26H2,1-4H3,(H,51,59)(H,52,60)/t27-,31-,35-,43+/m0/s1. The second-order valence-corrected chi connectivity index (χ2v) is 17.2. The lowest BCUT2D eigenvalue weighted by molar-refractivity contribution is -0.164. The highest BCUT2D eigenvalue weighted by molar-refractivity contribution is 6.31. The molecule has 0 aliphatic carbocycles. The number of aliphatic hydroxyl groups excluding tert-OH is 1. The van der Waals surface area contributed by atoms with E-state index >= 15 is 0 Å². The van der Waals surface area contributed by atoms with Gasteiger partial charge in [-0.2, -0.15) is 13.2 Å². The van der Waals surface area contributed by atoms with Gasteiger partial charge in [-0.15, -0.1) is 0 Å². The summed E-state index contributed by atoms with van der Waals surface area (Å²) < 4.78 is 51.0. The Morgan fingerprint density at radius 3 is 2.34 bits per heavy atom. The molecule has 3 N–H and O–H groups in total. The number of imidazole rings is 1. The maximum Gasteiger partial charge on any atom is 0.389 e. The van der Waals surface area contributed by atoms with Crippen LogP contribution in [0.1, 0.15) is 49.6 Å². The van der Waals surface area contributed by atoms with Gasteiger partial charge in [-0.25, -0.2) is 4.98 Å². The first-order valence-corrected chi connectivity index (χ1v) is 20.9.